The van der Waals surface area contributed by atoms with Crippen molar-refractivity contribution < 1.29 is 9.47 Å². The predicted molar refractivity (Wildman–Crippen MR) is 72.2 cm³/mol. The van der Waals surface area contributed by atoms with Crippen LogP contribution < -0.4 is 0 Å². The highest BCUT2D eigenvalue weighted by Gasteiger charge is 2.83. The molecular formula is C15H16N4O2. The summed E-state index contributed by atoms with van der Waals surface area (Å²) >= 11 is 0. The van der Waals surface area contributed by atoms with Crippen molar-refractivity contribution in [2.24, 2.45) is 21.7 Å². The Morgan fingerprint density at radius 3 is 2.76 bits per heavy atom. The Morgan fingerprint density at radius 2 is 2.10 bits per heavy atom. The molecule has 0 aromatic heterocycles. The average Bonchev–Trinajstić information content (AvgIpc) is 2.71. The van der Waals surface area contributed by atoms with Crippen LogP contribution >= 0.6 is 0 Å². The molecule has 4 fully saturated rings. The van der Waals surface area contributed by atoms with Gasteiger partial charge in [-0.3, -0.25) is 5.41 Å². The van der Waals surface area contributed by atoms with E-state index in [1.807, 2.05) is 6.92 Å². The zero-order valence-electron chi connectivity index (χ0n) is 11.8. The summed E-state index contributed by atoms with van der Waals surface area (Å²) in [6.07, 6.45) is 3.52. The smallest absolute Gasteiger partial charge is 0.218 e. The predicted octanol–water partition coefficient (Wildman–Crippen LogP) is 2.12. The van der Waals surface area contributed by atoms with Crippen LogP contribution in [0.2, 0.25) is 0 Å². The molecule has 0 aromatic rings. The normalized spacial score (nSPS) is 49.7. The number of nitrogens with zero attached hydrogens (tertiary/aromatic N) is 3. The van der Waals surface area contributed by atoms with Crippen LogP contribution in [0.5, 0.6) is 0 Å². The van der Waals surface area contributed by atoms with Gasteiger partial charge < -0.3 is 9.47 Å². The summed E-state index contributed by atoms with van der Waals surface area (Å²) in [6.45, 7) is 1.94. The zero-order chi connectivity index (χ0) is 14.9. The van der Waals surface area contributed by atoms with Gasteiger partial charge >= 0.3 is 0 Å². The Hall–Kier alpha value is -1.92. The van der Waals surface area contributed by atoms with Crippen molar-refractivity contribution in [3.63, 3.8) is 0 Å². The lowest BCUT2D eigenvalue weighted by molar-refractivity contribution is -0.352. The van der Waals surface area contributed by atoms with Crippen molar-refractivity contribution in [2.45, 2.75) is 50.9 Å². The average molecular weight is 284 g/mol. The van der Waals surface area contributed by atoms with E-state index in [1.54, 1.807) is 0 Å². The van der Waals surface area contributed by atoms with Crippen molar-refractivity contribution in [1.29, 1.82) is 15.9 Å². The van der Waals surface area contributed by atoms with Gasteiger partial charge in [-0.2, -0.15) is 15.5 Å². The molecule has 0 amide bonds. The van der Waals surface area contributed by atoms with Crippen LogP contribution in [0.1, 0.15) is 39.0 Å². The van der Waals surface area contributed by atoms with Crippen molar-refractivity contribution in [1.82, 2.24) is 0 Å². The molecule has 4 bridgehead atoms. The molecule has 1 saturated carbocycles. The van der Waals surface area contributed by atoms with E-state index >= 15 is 0 Å². The summed E-state index contributed by atoms with van der Waals surface area (Å²) in [4.78, 5) is 4.19. The first-order chi connectivity index (χ1) is 10.1. The fourth-order valence-electron chi connectivity index (χ4n) is 4.83. The van der Waals surface area contributed by atoms with Crippen LogP contribution in [0.15, 0.2) is 4.99 Å². The third-order valence-electron chi connectivity index (χ3n) is 5.69. The molecular weight excluding hydrogens is 268 g/mol. The van der Waals surface area contributed by atoms with Gasteiger partial charge in [0.2, 0.25) is 11.7 Å². The van der Waals surface area contributed by atoms with E-state index in [0.29, 0.717) is 12.8 Å². The van der Waals surface area contributed by atoms with Crippen LogP contribution in [0.3, 0.4) is 0 Å². The Labute approximate surface area is 122 Å². The third kappa shape index (κ3) is 1.04. The summed E-state index contributed by atoms with van der Waals surface area (Å²) in [5.74, 6) is -0.923. The van der Waals surface area contributed by atoms with Gasteiger partial charge in [0, 0.05) is 6.42 Å². The number of amidine groups is 1. The Morgan fingerprint density at radius 1 is 1.33 bits per heavy atom. The summed E-state index contributed by atoms with van der Waals surface area (Å²) in [5, 5.41) is 28.2. The lowest BCUT2D eigenvalue weighted by Crippen LogP contribution is -2.75. The van der Waals surface area contributed by atoms with Crippen molar-refractivity contribution in [2.75, 3.05) is 0 Å². The van der Waals surface area contributed by atoms with Gasteiger partial charge in [0.25, 0.3) is 0 Å². The van der Waals surface area contributed by atoms with Crippen molar-refractivity contribution in [3.05, 3.63) is 0 Å². The van der Waals surface area contributed by atoms with Gasteiger partial charge in [-0.25, -0.2) is 0 Å². The summed E-state index contributed by atoms with van der Waals surface area (Å²) in [6, 6.07) is 4.59. The van der Waals surface area contributed by atoms with Crippen LogP contribution in [0.4, 0.5) is 0 Å². The standard InChI is InChI=1S/C15H16N4O2/c1-2-10-14(8-17)12-19-11(18)13(14,7-16)9-5-3-4-6-15(9,20-10)21-12/h9-10,18H,2-6H2,1H3/t9-,10-,13+,14-,15-/m1/s1. The highest BCUT2D eigenvalue weighted by atomic mass is 16.7. The molecule has 3 saturated heterocycles. The van der Waals surface area contributed by atoms with E-state index in [9.17, 15) is 10.5 Å². The Kier molecular flexibility index (Phi) is 2.22. The minimum absolute atomic E-state index is 0.0166. The van der Waals surface area contributed by atoms with Crippen LogP contribution in [0, 0.1) is 44.8 Å². The Balaban J connectivity index is 2.04. The van der Waals surface area contributed by atoms with E-state index in [0.717, 1.165) is 19.3 Å². The molecule has 4 heterocycles. The first-order valence-corrected chi connectivity index (χ1v) is 7.49. The second kappa shape index (κ2) is 3.64. The monoisotopic (exact) mass is 284 g/mol. The fraction of sp³-hybridized carbons (Fsp3) is 0.733. The van der Waals surface area contributed by atoms with Crippen molar-refractivity contribution >= 4 is 11.7 Å². The number of nitrogens with one attached hydrogen (secondary N) is 1. The van der Waals surface area contributed by atoms with Gasteiger partial charge in [0.1, 0.15) is 5.84 Å². The zero-order valence-corrected chi connectivity index (χ0v) is 11.8. The summed E-state index contributed by atoms with van der Waals surface area (Å²) in [5.41, 5.74) is -2.47. The lowest BCUT2D eigenvalue weighted by atomic mass is 9.49. The number of hydrogen-bond acceptors (Lipinski definition) is 5. The molecule has 6 heteroatoms. The largest absolute Gasteiger partial charge is 0.447 e. The minimum atomic E-state index is -1.25. The Bertz CT molecular complexity index is 660. The molecule has 5 aliphatic rings. The van der Waals surface area contributed by atoms with E-state index in [4.69, 9.17) is 14.9 Å². The molecule has 108 valence electrons. The molecule has 1 N–H and O–H groups in total. The second-order valence-corrected chi connectivity index (χ2v) is 6.33. The molecule has 5 atom stereocenters. The van der Waals surface area contributed by atoms with E-state index < -0.39 is 22.7 Å². The molecule has 1 spiro atoms. The molecule has 1 aliphatic carbocycles. The topological polar surface area (TPSA) is 102 Å². The van der Waals surface area contributed by atoms with E-state index in [2.05, 4.69) is 17.1 Å². The van der Waals surface area contributed by atoms with Gasteiger partial charge in [0.05, 0.1) is 24.2 Å². The number of rotatable bonds is 1. The van der Waals surface area contributed by atoms with Gasteiger partial charge in [-0.15, -0.1) is 0 Å². The molecule has 6 nitrogen and oxygen atoms in total. The first kappa shape index (κ1) is 12.8. The second-order valence-electron chi connectivity index (χ2n) is 6.33. The first-order valence-electron chi connectivity index (χ1n) is 7.49. The number of nitriles is 2. The fourth-order valence-corrected chi connectivity index (χ4v) is 4.83. The maximum Gasteiger partial charge on any atom is 0.218 e. The molecule has 5 rings (SSSR count). The molecule has 0 radical (unpaired) electrons. The quantitative estimate of drug-likeness (QED) is 0.796. The molecule has 21 heavy (non-hydrogen) atoms. The van der Waals surface area contributed by atoms with Crippen LogP contribution in [0.25, 0.3) is 0 Å². The third-order valence-corrected chi connectivity index (χ3v) is 5.69. The maximum absolute atomic E-state index is 9.98. The SMILES string of the molecule is CC[C@H]1O[C@@]23CCCC[C@@H]2[C@@]2(C#N)C(=N)N=C(O3)[C@@]12C#N. The summed E-state index contributed by atoms with van der Waals surface area (Å²) in [7, 11) is 0. The molecule has 0 aromatic carbocycles. The number of aliphatic imine (C=N–C) groups is 1. The minimum Gasteiger partial charge on any atom is -0.447 e. The maximum atomic E-state index is 9.98. The highest BCUT2D eigenvalue weighted by molar-refractivity contribution is 6.12. The molecule has 4 aliphatic heterocycles. The number of hydrogen-bond donors (Lipinski definition) is 1. The summed E-state index contributed by atoms with van der Waals surface area (Å²) < 4.78 is 12.2. The van der Waals surface area contributed by atoms with Crippen LogP contribution in [-0.4, -0.2) is 23.6 Å². The molecule has 0 unspecified atom stereocenters. The van der Waals surface area contributed by atoms with Crippen LogP contribution in [-0.2, 0) is 9.47 Å². The van der Waals surface area contributed by atoms with Gasteiger partial charge in [-0.1, -0.05) is 13.3 Å². The van der Waals surface area contributed by atoms with E-state index in [-0.39, 0.29) is 17.7 Å². The number of fused-ring (bicyclic) bond motifs is 1. The highest BCUT2D eigenvalue weighted by Crippen LogP contribution is 2.69. The van der Waals surface area contributed by atoms with Gasteiger partial charge in [0.15, 0.2) is 10.8 Å². The van der Waals surface area contributed by atoms with Gasteiger partial charge in [-0.05, 0) is 19.3 Å². The number of ether oxygens (including phenoxy) is 2. The van der Waals surface area contributed by atoms with E-state index in [1.165, 1.54) is 0 Å². The van der Waals surface area contributed by atoms with Crippen molar-refractivity contribution in [3.8, 4) is 12.1 Å². The lowest BCUT2D eigenvalue weighted by Gasteiger charge is -2.63.